The van der Waals surface area contributed by atoms with E-state index >= 15 is 0 Å². The predicted molar refractivity (Wildman–Crippen MR) is 83.1 cm³/mol. The maximum Gasteiger partial charge on any atom is 0.252 e. The lowest BCUT2D eigenvalue weighted by molar-refractivity contribution is 0.0950. The van der Waals surface area contributed by atoms with E-state index in [-0.39, 0.29) is 16.4 Å². The van der Waals surface area contributed by atoms with E-state index in [9.17, 15) is 13.2 Å². The maximum absolute atomic E-state index is 12.2. The van der Waals surface area contributed by atoms with Crippen molar-refractivity contribution in [3.8, 4) is 0 Å². The van der Waals surface area contributed by atoms with Crippen molar-refractivity contribution in [2.75, 3.05) is 12.8 Å². The van der Waals surface area contributed by atoms with Crippen LogP contribution in [0, 0.1) is 0 Å². The molecule has 21 heavy (non-hydrogen) atoms. The van der Waals surface area contributed by atoms with Crippen LogP contribution in [-0.2, 0) is 9.84 Å². The van der Waals surface area contributed by atoms with Crippen molar-refractivity contribution in [3.05, 3.63) is 41.5 Å². The Morgan fingerprint density at radius 1 is 1.24 bits per heavy atom. The van der Waals surface area contributed by atoms with E-state index in [4.69, 9.17) is 0 Å². The molecule has 0 aromatic heterocycles. The lowest BCUT2D eigenvalue weighted by Gasteiger charge is -2.13. The van der Waals surface area contributed by atoms with Gasteiger partial charge >= 0.3 is 0 Å². The molecule has 4 nitrogen and oxygen atoms in total. The van der Waals surface area contributed by atoms with Crippen LogP contribution in [0.1, 0.15) is 42.5 Å². The molecule has 2 rings (SSSR count). The minimum absolute atomic E-state index is 0.0828. The standard InChI is InChI=1S/C16H21NO3S/c1-21(19,20)15-10-6-5-9-14(15)16(18)17-12-11-13-7-3-2-4-8-13/h5-7,9-10H,2-4,8,11-12H2,1H3,(H,17,18). The fourth-order valence-electron chi connectivity index (χ4n) is 2.54. The first-order valence-corrected chi connectivity index (χ1v) is 9.13. The molecule has 0 fully saturated rings. The molecule has 0 atom stereocenters. The Morgan fingerprint density at radius 2 is 2.00 bits per heavy atom. The highest BCUT2D eigenvalue weighted by molar-refractivity contribution is 7.90. The molecule has 0 unspecified atom stereocenters. The van der Waals surface area contributed by atoms with Crippen molar-refractivity contribution in [1.29, 1.82) is 0 Å². The van der Waals surface area contributed by atoms with E-state index in [2.05, 4.69) is 11.4 Å². The molecule has 0 saturated carbocycles. The zero-order chi connectivity index (χ0) is 15.3. The number of allylic oxidation sites excluding steroid dienone is 1. The number of carbonyl (C=O) groups excluding carboxylic acids is 1. The third-order valence-electron chi connectivity index (χ3n) is 3.65. The van der Waals surface area contributed by atoms with Gasteiger partial charge in [-0.1, -0.05) is 23.8 Å². The van der Waals surface area contributed by atoms with E-state index in [1.54, 1.807) is 18.2 Å². The molecular weight excluding hydrogens is 286 g/mol. The van der Waals surface area contributed by atoms with E-state index in [1.165, 1.54) is 24.5 Å². The summed E-state index contributed by atoms with van der Waals surface area (Å²) < 4.78 is 23.4. The summed E-state index contributed by atoms with van der Waals surface area (Å²) in [5.41, 5.74) is 1.61. The van der Waals surface area contributed by atoms with Gasteiger partial charge in [0.2, 0.25) is 0 Å². The van der Waals surface area contributed by atoms with Gasteiger partial charge in [-0.25, -0.2) is 8.42 Å². The first kappa shape index (κ1) is 15.8. The Balaban J connectivity index is 1.99. The SMILES string of the molecule is CS(=O)(=O)c1ccccc1C(=O)NCCC1=CCCCC1. The lowest BCUT2D eigenvalue weighted by atomic mass is 9.97. The van der Waals surface area contributed by atoms with Crippen LogP contribution in [0.4, 0.5) is 0 Å². The average molecular weight is 307 g/mol. The van der Waals surface area contributed by atoms with E-state index in [1.807, 2.05) is 0 Å². The Kier molecular flexibility index (Phi) is 5.17. The zero-order valence-corrected chi connectivity index (χ0v) is 13.1. The average Bonchev–Trinajstić information content (AvgIpc) is 2.47. The number of benzene rings is 1. The van der Waals surface area contributed by atoms with Crippen LogP contribution in [0.2, 0.25) is 0 Å². The van der Waals surface area contributed by atoms with Gasteiger partial charge in [0.05, 0.1) is 10.5 Å². The molecule has 5 heteroatoms. The second kappa shape index (κ2) is 6.89. The summed E-state index contributed by atoms with van der Waals surface area (Å²) in [4.78, 5) is 12.2. The van der Waals surface area contributed by atoms with Crippen molar-refractivity contribution in [2.45, 2.75) is 37.0 Å². The molecule has 1 aromatic carbocycles. The summed E-state index contributed by atoms with van der Waals surface area (Å²) >= 11 is 0. The Hall–Kier alpha value is -1.62. The normalized spacial score (nSPS) is 15.4. The van der Waals surface area contributed by atoms with Gasteiger partial charge in [0.25, 0.3) is 5.91 Å². The Morgan fingerprint density at radius 3 is 2.67 bits per heavy atom. The third kappa shape index (κ3) is 4.43. The van der Waals surface area contributed by atoms with E-state index in [0.29, 0.717) is 6.54 Å². The number of rotatable bonds is 5. The van der Waals surface area contributed by atoms with Crippen LogP contribution in [0.15, 0.2) is 40.8 Å². The molecule has 1 aliphatic carbocycles. The van der Waals surface area contributed by atoms with Crippen LogP contribution >= 0.6 is 0 Å². The van der Waals surface area contributed by atoms with Crippen LogP contribution in [-0.4, -0.2) is 27.1 Å². The second-order valence-electron chi connectivity index (χ2n) is 5.38. The maximum atomic E-state index is 12.2. The monoisotopic (exact) mass is 307 g/mol. The van der Waals surface area contributed by atoms with Crippen LogP contribution in [0.3, 0.4) is 0 Å². The summed E-state index contributed by atoms with van der Waals surface area (Å²) in [6.07, 6.45) is 8.91. The van der Waals surface area contributed by atoms with Crippen molar-refractivity contribution in [3.63, 3.8) is 0 Å². The van der Waals surface area contributed by atoms with Crippen molar-refractivity contribution in [2.24, 2.45) is 0 Å². The zero-order valence-electron chi connectivity index (χ0n) is 12.3. The molecule has 1 aliphatic rings. The molecule has 0 aliphatic heterocycles. The highest BCUT2D eigenvalue weighted by atomic mass is 32.2. The molecule has 1 amide bonds. The summed E-state index contributed by atoms with van der Waals surface area (Å²) in [6.45, 7) is 0.544. The molecule has 0 radical (unpaired) electrons. The topological polar surface area (TPSA) is 63.2 Å². The molecule has 0 bridgehead atoms. The van der Waals surface area contributed by atoms with Gasteiger partial charge in [0, 0.05) is 12.8 Å². The number of sulfone groups is 1. The van der Waals surface area contributed by atoms with E-state index in [0.717, 1.165) is 25.5 Å². The number of hydrogen-bond donors (Lipinski definition) is 1. The first-order valence-electron chi connectivity index (χ1n) is 7.23. The number of amides is 1. The van der Waals surface area contributed by atoms with Gasteiger partial charge in [0.1, 0.15) is 0 Å². The summed E-state index contributed by atoms with van der Waals surface area (Å²) in [6, 6.07) is 6.31. The lowest BCUT2D eigenvalue weighted by Crippen LogP contribution is -2.26. The van der Waals surface area contributed by atoms with Crippen molar-refractivity contribution >= 4 is 15.7 Å². The Bertz CT molecular complexity index is 647. The quantitative estimate of drug-likeness (QED) is 0.851. The van der Waals surface area contributed by atoms with Crippen molar-refractivity contribution < 1.29 is 13.2 Å². The predicted octanol–water partition coefficient (Wildman–Crippen LogP) is 2.71. The molecule has 114 valence electrons. The molecule has 0 saturated heterocycles. The fraction of sp³-hybridized carbons (Fsp3) is 0.438. The highest BCUT2D eigenvalue weighted by Gasteiger charge is 2.17. The van der Waals surface area contributed by atoms with Gasteiger partial charge in [0.15, 0.2) is 9.84 Å². The summed E-state index contributed by atoms with van der Waals surface area (Å²) in [5, 5.41) is 2.81. The minimum Gasteiger partial charge on any atom is -0.352 e. The van der Waals surface area contributed by atoms with Gasteiger partial charge < -0.3 is 5.32 Å². The van der Waals surface area contributed by atoms with Crippen LogP contribution < -0.4 is 5.32 Å². The van der Waals surface area contributed by atoms with Gasteiger partial charge in [-0.2, -0.15) is 0 Å². The molecule has 0 heterocycles. The third-order valence-corrected chi connectivity index (χ3v) is 4.80. The van der Waals surface area contributed by atoms with Gasteiger partial charge in [-0.15, -0.1) is 0 Å². The second-order valence-corrected chi connectivity index (χ2v) is 7.37. The van der Waals surface area contributed by atoms with E-state index < -0.39 is 9.84 Å². The largest absolute Gasteiger partial charge is 0.352 e. The van der Waals surface area contributed by atoms with Gasteiger partial charge in [-0.05, 0) is 44.2 Å². The Labute approximate surface area is 126 Å². The molecule has 0 spiro atoms. The van der Waals surface area contributed by atoms with Gasteiger partial charge in [-0.3, -0.25) is 4.79 Å². The number of hydrogen-bond acceptors (Lipinski definition) is 3. The first-order chi connectivity index (χ1) is 9.98. The van der Waals surface area contributed by atoms with Crippen LogP contribution in [0.5, 0.6) is 0 Å². The number of nitrogens with one attached hydrogen (secondary N) is 1. The molecule has 1 aromatic rings. The molecular formula is C16H21NO3S. The summed E-state index contributed by atoms with van der Waals surface area (Å²) in [5.74, 6) is -0.326. The highest BCUT2D eigenvalue weighted by Crippen LogP contribution is 2.19. The van der Waals surface area contributed by atoms with Crippen molar-refractivity contribution in [1.82, 2.24) is 5.32 Å². The molecule has 1 N–H and O–H groups in total. The minimum atomic E-state index is -3.40. The smallest absolute Gasteiger partial charge is 0.252 e. The number of carbonyl (C=O) groups is 1. The fourth-order valence-corrected chi connectivity index (χ4v) is 3.43. The van der Waals surface area contributed by atoms with Crippen LogP contribution in [0.25, 0.3) is 0 Å². The summed E-state index contributed by atoms with van der Waals surface area (Å²) in [7, 11) is -3.40.